The molecule has 0 amide bonds. The van der Waals surface area contributed by atoms with E-state index in [1.807, 2.05) is 6.07 Å². The number of anilines is 1. The van der Waals surface area contributed by atoms with Crippen LogP contribution in [0.3, 0.4) is 0 Å². The zero-order chi connectivity index (χ0) is 14.2. The van der Waals surface area contributed by atoms with Crippen molar-refractivity contribution in [1.29, 1.82) is 0 Å². The van der Waals surface area contributed by atoms with Crippen molar-refractivity contribution in [3.63, 3.8) is 0 Å². The molecule has 2 fully saturated rings. The smallest absolute Gasteiger partial charge is 0.125 e. The van der Waals surface area contributed by atoms with Gasteiger partial charge in [-0.3, -0.25) is 0 Å². The van der Waals surface area contributed by atoms with Crippen LogP contribution in [0.5, 0.6) is 0 Å². The first-order valence-corrected chi connectivity index (χ1v) is 8.59. The predicted molar refractivity (Wildman–Crippen MR) is 84.2 cm³/mol. The van der Waals surface area contributed by atoms with E-state index in [0.717, 1.165) is 37.2 Å². The van der Waals surface area contributed by atoms with Gasteiger partial charge in [0.15, 0.2) is 0 Å². The Morgan fingerprint density at radius 2 is 2.05 bits per heavy atom. The van der Waals surface area contributed by atoms with Gasteiger partial charge < -0.3 is 10.2 Å². The second-order valence-electron chi connectivity index (χ2n) is 7.06. The zero-order valence-corrected chi connectivity index (χ0v) is 12.7. The molecule has 1 aromatic rings. The Bertz CT molecular complexity index is 516. The van der Waals surface area contributed by atoms with Crippen LogP contribution in [-0.2, 0) is 6.42 Å². The number of nitrogens with zero attached hydrogens (tertiary/aromatic N) is 1. The average Bonchev–Trinajstić information content (AvgIpc) is 2.89. The van der Waals surface area contributed by atoms with Gasteiger partial charge in [-0.05, 0) is 55.7 Å². The number of fused-ring (bicyclic) bond motifs is 2. The number of benzene rings is 1. The van der Waals surface area contributed by atoms with Gasteiger partial charge in [-0.15, -0.1) is 0 Å². The van der Waals surface area contributed by atoms with E-state index in [-0.39, 0.29) is 5.82 Å². The maximum absolute atomic E-state index is 13.5. The molecule has 4 rings (SSSR count). The van der Waals surface area contributed by atoms with Gasteiger partial charge in [-0.1, -0.05) is 18.9 Å². The second-order valence-corrected chi connectivity index (χ2v) is 7.06. The largest absolute Gasteiger partial charge is 0.369 e. The van der Waals surface area contributed by atoms with E-state index in [0.29, 0.717) is 6.04 Å². The molecule has 2 aliphatic heterocycles. The maximum atomic E-state index is 13.5. The summed E-state index contributed by atoms with van der Waals surface area (Å²) in [5, 5.41) is 3.89. The number of piperidine rings is 1. The highest BCUT2D eigenvalue weighted by molar-refractivity contribution is 5.58. The summed E-state index contributed by atoms with van der Waals surface area (Å²) in [5.74, 6) is 0.808. The third-order valence-electron chi connectivity index (χ3n) is 5.72. The Balaban J connectivity index is 1.42. The summed E-state index contributed by atoms with van der Waals surface area (Å²) in [6, 6.07) is 6.59. The van der Waals surface area contributed by atoms with Gasteiger partial charge in [-0.25, -0.2) is 4.39 Å². The molecular formula is C18H25FN2. The molecule has 114 valence electrons. The average molecular weight is 288 g/mol. The lowest BCUT2D eigenvalue weighted by Gasteiger charge is -2.41. The summed E-state index contributed by atoms with van der Waals surface area (Å²) >= 11 is 0. The van der Waals surface area contributed by atoms with Gasteiger partial charge in [0.05, 0.1) is 0 Å². The molecule has 3 unspecified atom stereocenters. The van der Waals surface area contributed by atoms with Crippen LogP contribution in [0.4, 0.5) is 10.1 Å². The molecule has 0 bridgehead atoms. The van der Waals surface area contributed by atoms with Crippen LogP contribution in [0.15, 0.2) is 18.2 Å². The standard InChI is InChI=1S/C18H25FN2/c19-15-7-5-14-9-10-21(18(14)11-15)12-16-8-6-13-3-1-2-4-17(13)20-16/h5,7,11,13,16-17,20H,1-4,6,8-10,12H2. The summed E-state index contributed by atoms with van der Waals surface area (Å²) in [7, 11) is 0. The molecule has 3 atom stereocenters. The summed E-state index contributed by atoms with van der Waals surface area (Å²) in [5.41, 5.74) is 2.44. The lowest BCUT2D eigenvalue weighted by Crippen LogP contribution is -2.52. The Hall–Kier alpha value is -1.09. The van der Waals surface area contributed by atoms with Crippen LogP contribution in [-0.4, -0.2) is 25.2 Å². The highest BCUT2D eigenvalue weighted by Gasteiger charge is 2.33. The van der Waals surface area contributed by atoms with Gasteiger partial charge in [0.1, 0.15) is 5.82 Å². The van der Waals surface area contributed by atoms with Crippen LogP contribution in [0.2, 0.25) is 0 Å². The van der Waals surface area contributed by atoms with Gasteiger partial charge in [0, 0.05) is 30.9 Å². The van der Waals surface area contributed by atoms with E-state index in [2.05, 4.69) is 10.2 Å². The van der Waals surface area contributed by atoms with Crippen LogP contribution < -0.4 is 10.2 Å². The summed E-state index contributed by atoms with van der Waals surface area (Å²) in [6.07, 6.45) is 9.31. The molecule has 1 N–H and O–H groups in total. The fourth-order valence-electron chi connectivity index (χ4n) is 4.59. The first kappa shape index (κ1) is 13.6. The molecule has 1 aliphatic carbocycles. The van der Waals surface area contributed by atoms with Crippen molar-refractivity contribution in [2.75, 3.05) is 18.0 Å². The van der Waals surface area contributed by atoms with E-state index in [4.69, 9.17) is 0 Å². The van der Waals surface area contributed by atoms with Gasteiger partial charge in [0.2, 0.25) is 0 Å². The van der Waals surface area contributed by atoms with Gasteiger partial charge in [-0.2, -0.15) is 0 Å². The maximum Gasteiger partial charge on any atom is 0.125 e. The third kappa shape index (κ3) is 2.68. The van der Waals surface area contributed by atoms with Crippen LogP contribution in [0.1, 0.15) is 44.1 Å². The Morgan fingerprint density at radius 3 is 3.00 bits per heavy atom. The lowest BCUT2D eigenvalue weighted by molar-refractivity contribution is 0.177. The molecular weight excluding hydrogens is 263 g/mol. The topological polar surface area (TPSA) is 15.3 Å². The number of nitrogens with one attached hydrogen (secondary N) is 1. The van der Waals surface area contributed by atoms with E-state index >= 15 is 0 Å². The van der Waals surface area contributed by atoms with Crippen LogP contribution >= 0.6 is 0 Å². The van der Waals surface area contributed by atoms with Crippen molar-refractivity contribution in [2.24, 2.45) is 5.92 Å². The Kier molecular flexibility index (Phi) is 3.62. The Morgan fingerprint density at radius 1 is 1.14 bits per heavy atom. The third-order valence-corrected chi connectivity index (χ3v) is 5.72. The first-order chi connectivity index (χ1) is 10.3. The molecule has 0 aromatic heterocycles. The normalized spacial score (nSPS) is 31.9. The van der Waals surface area contributed by atoms with Crippen molar-refractivity contribution in [2.45, 2.75) is 57.0 Å². The monoisotopic (exact) mass is 288 g/mol. The molecule has 1 saturated carbocycles. The highest BCUT2D eigenvalue weighted by atomic mass is 19.1. The minimum atomic E-state index is -0.107. The molecule has 2 heterocycles. The van der Waals surface area contributed by atoms with Crippen molar-refractivity contribution in [3.05, 3.63) is 29.6 Å². The molecule has 1 saturated heterocycles. The number of rotatable bonds is 2. The van der Waals surface area contributed by atoms with E-state index in [1.165, 1.54) is 44.1 Å². The van der Waals surface area contributed by atoms with Crippen molar-refractivity contribution >= 4 is 5.69 Å². The highest BCUT2D eigenvalue weighted by Crippen LogP contribution is 2.34. The Labute approximate surface area is 126 Å². The van der Waals surface area contributed by atoms with E-state index < -0.39 is 0 Å². The first-order valence-electron chi connectivity index (χ1n) is 8.59. The van der Waals surface area contributed by atoms with Gasteiger partial charge in [0.25, 0.3) is 0 Å². The summed E-state index contributed by atoms with van der Waals surface area (Å²) in [4.78, 5) is 2.39. The lowest BCUT2D eigenvalue weighted by atomic mass is 9.78. The molecule has 0 spiro atoms. The van der Waals surface area contributed by atoms with E-state index in [1.54, 1.807) is 12.1 Å². The van der Waals surface area contributed by atoms with Crippen molar-refractivity contribution in [3.8, 4) is 0 Å². The fraction of sp³-hybridized carbons (Fsp3) is 0.667. The molecule has 21 heavy (non-hydrogen) atoms. The summed E-state index contributed by atoms with van der Waals surface area (Å²) in [6.45, 7) is 2.09. The number of hydrogen-bond donors (Lipinski definition) is 1. The number of halogens is 1. The molecule has 2 nitrogen and oxygen atoms in total. The second kappa shape index (κ2) is 5.60. The minimum absolute atomic E-state index is 0.107. The molecule has 0 radical (unpaired) electrons. The molecule has 3 heteroatoms. The van der Waals surface area contributed by atoms with Crippen molar-refractivity contribution in [1.82, 2.24) is 5.32 Å². The quantitative estimate of drug-likeness (QED) is 0.896. The molecule has 3 aliphatic rings. The van der Waals surface area contributed by atoms with Crippen molar-refractivity contribution < 1.29 is 4.39 Å². The zero-order valence-electron chi connectivity index (χ0n) is 12.7. The van der Waals surface area contributed by atoms with Crippen LogP contribution in [0, 0.1) is 11.7 Å². The predicted octanol–water partition coefficient (Wildman–Crippen LogP) is 3.50. The number of hydrogen-bond acceptors (Lipinski definition) is 2. The SMILES string of the molecule is Fc1ccc2c(c1)N(CC1CCC3CCCCC3N1)CC2. The van der Waals surface area contributed by atoms with Gasteiger partial charge >= 0.3 is 0 Å². The summed E-state index contributed by atoms with van der Waals surface area (Å²) < 4.78 is 13.5. The molecule has 1 aromatic carbocycles. The van der Waals surface area contributed by atoms with Crippen LogP contribution in [0.25, 0.3) is 0 Å². The van der Waals surface area contributed by atoms with E-state index in [9.17, 15) is 4.39 Å². The fourth-order valence-corrected chi connectivity index (χ4v) is 4.59. The minimum Gasteiger partial charge on any atom is -0.369 e.